The molecule has 0 aliphatic heterocycles. The van der Waals surface area contributed by atoms with Gasteiger partial charge in [-0.05, 0) is 12.5 Å². The van der Waals surface area contributed by atoms with E-state index in [2.05, 4.69) is 10.3 Å². The number of hydrogen-bond donors (Lipinski definition) is 1. The summed E-state index contributed by atoms with van der Waals surface area (Å²) < 4.78 is 1.33. The number of aromatic nitrogens is 2. The number of rotatable bonds is 3. The van der Waals surface area contributed by atoms with Gasteiger partial charge >= 0.3 is 0 Å². The fraction of sp³-hybridized carbons (Fsp3) is 0.364. The van der Waals surface area contributed by atoms with Crippen LogP contribution in [-0.4, -0.2) is 22.5 Å². The molecule has 0 aromatic carbocycles. The molecular formula is C11H13N3O2S. The van der Waals surface area contributed by atoms with Crippen molar-refractivity contribution in [3.05, 3.63) is 27.6 Å². The Kier molecular flexibility index (Phi) is 3.23. The largest absolute Gasteiger partial charge is 0.358 e. The minimum absolute atomic E-state index is 0.00950. The number of likely N-dealkylation sites (N-methyl/N-ethyl adjacent to an activating group) is 1. The van der Waals surface area contributed by atoms with Gasteiger partial charge in [-0.3, -0.25) is 14.2 Å². The molecular weight excluding hydrogens is 238 g/mol. The van der Waals surface area contributed by atoms with Crippen LogP contribution in [0.25, 0.3) is 10.2 Å². The van der Waals surface area contributed by atoms with Crippen LogP contribution in [0.15, 0.2) is 17.2 Å². The highest BCUT2D eigenvalue weighted by Crippen LogP contribution is 2.20. The van der Waals surface area contributed by atoms with E-state index in [1.807, 2.05) is 13.0 Å². The smallest absolute Gasteiger partial charge is 0.262 e. The number of fused-ring (bicyclic) bond motifs is 1. The highest BCUT2D eigenvalue weighted by Gasteiger charge is 2.09. The monoisotopic (exact) mass is 251 g/mol. The Balaban J connectivity index is 2.49. The van der Waals surface area contributed by atoms with E-state index < -0.39 is 0 Å². The molecule has 0 radical (unpaired) electrons. The van der Waals surface area contributed by atoms with Gasteiger partial charge in [-0.1, -0.05) is 6.92 Å². The number of nitrogens with one attached hydrogen (secondary N) is 1. The van der Waals surface area contributed by atoms with Crippen LogP contribution in [0.4, 0.5) is 0 Å². The fourth-order valence-electron chi connectivity index (χ4n) is 1.53. The summed E-state index contributed by atoms with van der Waals surface area (Å²) in [4.78, 5) is 29.4. The Morgan fingerprint density at radius 1 is 1.59 bits per heavy atom. The molecule has 1 amide bonds. The summed E-state index contributed by atoms with van der Waals surface area (Å²) >= 11 is 1.52. The molecule has 2 aromatic heterocycles. The van der Waals surface area contributed by atoms with Crippen molar-refractivity contribution in [2.75, 3.05) is 7.05 Å². The van der Waals surface area contributed by atoms with Crippen molar-refractivity contribution in [1.29, 1.82) is 0 Å². The van der Waals surface area contributed by atoms with Gasteiger partial charge in [-0.25, -0.2) is 4.98 Å². The first-order valence-electron chi connectivity index (χ1n) is 5.34. The van der Waals surface area contributed by atoms with Crippen LogP contribution in [0.1, 0.15) is 11.8 Å². The van der Waals surface area contributed by atoms with E-state index >= 15 is 0 Å². The fourth-order valence-corrected chi connectivity index (χ4v) is 2.46. The number of carbonyl (C=O) groups excluding carboxylic acids is 1. The molecule has 1 N–H and O–H groups in total. The van der Waals surface area contributed by atoms with E-state index in [1.54, 1.807) is 7.05 Å². The molecule has 0 spiro atoms. The number of aryl methyl sites for hydroxylation is 1. The highest BCUT2D eigenvalue weighted by molar-refractivity contribution is 7.18. The number of thiophene rings is 1. The number of hydrogen-bond acceptors (Lipinski definition) is 4. The molecule has 5 nitrogen and oxygen atoms in total. The molecule has 2 rings (SSSR count). The van der Waals surface area contributed by atoms with E-state index in [-0.39, 0.29) is 18.0 Å². The lowest BCUT2D eigenvalue weighted by molar-refractivity contribution is -0.121. The van der Waals surface area contributed by atoms with E-state index in [0.29, 0.717) is 5.39 Å². The third kappa shape index (κ3) is 2.21. The van der Waals surface area contributed by atoms with Gasteiger partial charge in [0.2, 0.25) is 5.91 Å². The first-order chi connectivity index (χ1) is 8.15. The maximum Gasteiger partial charge on any atom is 0.262 e. The second-order valence-electron chi connectivity index (χ2n) is 3.64. The third-order valence-corrected chi connectivity index (χ3v) is 3.70. The zero-order valence-corrected chi connectivity index (χ0v) is 10.5. The SMILES string of the molecule is CCc1cc2c(=O)n(CC(=O)NC)cnc2s1. The highest BCUT2D eigenvalue weighted by atomic mass is 32.1. The second-order valence-corrected chi connectivity index (χ2v) is 4.75. The zero-order chi connectivity index (χ0) is 12.4. The van der Waals surface area contributed by atoms with Crippen molar-refractivity contribution in [2.24, 2.45) is 0 Å². The van der Waals surface area contributed by atoms with Gasteiger partial charge in [0.1, 0.15) is 11.4 Å². The molecule has 0 unspecified atom stereocenters. The third-order valence-electron chi connectivity index (χ3n) is 2.51. The van der Waals surface area contributed by atoms with E-state index in [4.69, 9.17) is 0 Å². The number of amides is 1. The maximum absolute atomic E-state index is 12.1. The molecule has 0 atom stereocenters. The topological polar surface area (TPSA) is 64.0 Å². The molecule has 0 saturated carbocycles. The molecule has 90 valence electrons. The minimum atomic E-state index is -0.209. The van der Waals surface area contributed by atoms with Gasteiger partial charge in [0.25, 0.3) is 5.56 Å². The normalized spacial score (nSPS) is 10.7. The number of nitrogens with zero attached hydrogens (tertiary/aromatic N) is 2. The second kappa shape index (κ2) is 4.67. The lowest BCUT2D eigenvalue weighted by Gasteiger charge is -2.03. The molecule has 2 heterocycles. The lowest BCUT2D eigenvalue weighted by atomic mass is 10.3. The van der Waals surface area contributed by atoms with E-state index in [1.165, 1.54) is 22.2 Å². The average Bonchev–Trinajstić information content (AvgIpc) is 2.76. The first kappa shape index (κ1) is 11.8. The summed E-state index contributed by atoms with van der Waals surface area (Å²) in [6.07, 6.45) is 2.31. The van der Waals surface area contributed by atoms with Crippen molar-refractivity contribution < 1.29 is 4.79 Å². The van der Waals surface area contributed by atoms with Crippen molar-refractivity contribution in [3.63, 3.8) is 0 Å². The standard InChI is InChI=1S/C11H13N3O2S/c1-3-7-4-8-10(17-7)13-6-14(11(8)16)5-9(15)12-2/h4,6H,3,5H2,1-2H3,(H,12,15). The maximum atomic E-state index is 12.1. The zero-order valence-electron chi connectivity index (χ0n) is 9.69. The van der Waals surface area contributed by atoms with Gasteiger partial charge in [0.15, 0.2) is 0 Å². The molecule has 0 aliphatic rings. The molecule has 0 saturated heterocycles. The van der Waals surface area contributed by atoms with Gasteiger partial charge in [-0.2, -0.15) is 0 Å². The van der Waals surface area contributed by atoms with E-state index in [0.717, 1.165) is 16.1 Å². The van der Waals surface area contributed by atoms with Crippen LogP contribution >= 0.6 is 11.3 Å². The summed E-state index contributed by atoms with van der Waals surface area (Å²) in [6, 6.07) is 1.86. The van der Waals surface area contributed by atoms with E-state index in [9.17, 15) is 9.59 Å². The molecule has 0 fully saturated rings. The Morgan fingerprint density at radius 2 is 2.35 bits per heavy atom. The predicted molar refractivity (Wildman–Crippen MR) is 67.3 cm³/mol. The van der Waals surface area contributed by atoms with Crippen LogP contribution in [0, 0.1) is 0 Å². The van der Waals surface area contributed by atoms with Crippen molar-refractivity contribution in [3.8, 4) is 0 Å². The summed E-state index contributed by atoms with van der Waals surface area (Å²) in [5.74, 6) is -0.209. The van der Waals surface area contributed by atoms with Crippen LogP contribution in [0.2, 0.25) is 0 Å². The van der Waals surface area contributed by atoms with Gasteiger partial charge in [0.05, 0.1) is 11.7 Å². The molecule has 2 aromatic rings. The van der Waals surface area contributed by atoms with Crippen molar-refractivity contribution in [1.82, 2.24) is 14.9 Å². The summed E-state index contributed by atoms with van der Waals surface area (Å²) in [5.41, 5.74) is -0.158. The predicted octanol–water partition coefficient (Wildman–Crippen LogP) is 0.766. The lowest BCUT2D eigenvalue weighted by Crippen LogP contribution is -2.30. The van der Waals surface area contributed by atoms with Crippen LogP contribution in [0.3, 0.4) is 0 Å². The van der Waals surface area contributed by atoms with Crippen LogP contribution in [0.5, 0.6) is 0 Å². The summed E-state index contributed by atoms with van der Waals surface area (Å²) in [5, 5.41) is 3.08. The van der Waals surface area contributed by atoms with Gasteiger partial charge < -0.3 is 5.32 Å². The Bertz CT molecular complexity index is 615. The van der Waals surface area contributed by atoms with Crippen LogP contribution < -0.4 is 10.9 Å². The van der Waals surface area contributed by atoms with Crippen LogP contribution in [-0.2, 0) is 17.8 Å². The summed E-state index contributed by atoms with van der Waals surface area (Å²) in [6.45, 7) is 2.04. The van der Waals surface area contributed by atoms with Gasteiger partial charge in [-0.15, -0.1) is 11.3 Å². The quantitative estimate of drug-likeness (QED) is 0.876. The molecule has 6 heteroatoms. The minimum Gasteiger partial charge on any atom is -0.358 e. The Hall–Kier alpha value is -1.69. The Labute approximate surface area is 102 Å². The van der Waals surface area contributed by atoms with Gasteiger partial charge in [0, 0.05) is 11.9 Å². The van der Waals surface area contributed by atoms with Crippen molar-refractivity contribution in [2.45, 2.75) is 19.9 Å². The van der Waals surface area contributed by atoms with Crippen molar-refractivity contribution >= 4 is 27.5 Å². The Morgan fingerprint density at radius 3 is 3.00 bits per heavy atom. The average molecular weight is 251 g/mol. The first-order valence-corrected chi connectivity index (χ1v) is 6.15. The molecule has 0 aliphatic carbocycles. The number of carbonyl (C=O) groups is 1. The molecule has 17 heavy (non-hydrogen) atoms. The molecule has 0 bridgehead atoms. The summed E-state index contributed by atoms with van der Waals surface area (Å²) in [7, 11) is 1.54.